The Morgan fingerprint density at radius 3 is 2.00 bits per heavy atom. The van der Waals surface area contributed by atoms with Crippen molar-refractivity contribution in [1.82, 2.24) is 0 Å². The fourth-order valence-corrected chi connectivity index (χ4v) is 6.27. The minimum atomic E-state index is -1.29. The number of hydrogen-bond donors (Lipinski definition) is 0. The second-order valence-electron chi connectivity index (χ2n) is 10.4. The Kier molecular flexibility index (Phi) is 8.85. The quantitative estimate of drug-likeness (QED) is 0.300. The minimum absolute atomic E-state index is 0.114. The molecule has 0 heterocycles. The van der Waals surface area contributed by atoms with Gasteiger partial charge in [0.1, 0.15) is 12.3 Å². The van der Waals surface area contributed by atoms with E-state index in [1.54, 1.807) is 0 Å². The second-order valence-corrected chi connectivity index (χ2v) is 10.4. The van der Waals surface area contributed by atoms with Gasteiger partial charge in [0.05, 0.1) is 0 Å². The van der Waals surface area contributed by atoms with Crippen LogP contribution in [0.4, 0.5) is 8.78 Å². The zero-order valence-corrected chi connectivity index (χ0v) is 18.4. The molecule has 162 valence electrons. The van der Waals surface area contributed by atoms with E-state index < -0.39 is 12.3 Å². The molecule has 0 saturated heterocycles. The van der Waals surface area contributed by atoms with Gasteiger partial charge < -0.3 is 0 Å². The van der Waals surface area contributed by atoms with Crippen LogP contribution in [0.5, 0.6) is 0 Å². The van der Waals surface area contributed by atoms with Gasteiger partial charge in [-0.05, 0) is 81.0 Å². The van der Waals surface area contributed by atoms with Crippen molar-refractivity contribution in [2.45, 2.75) is 116 Å². The van der Waals surface area contributed by atoms with Gasteiger partial charge in [0.15, 0.2) is 0 Å². The van der Waals surface area contributed by atoms with Crippen molar-refractivity contribution < 1.29 is 8.78 Å². The molecule has 0 radical (unpaired) electrons. The van der Waals surface area contributed by atoms with Crippen LogP contribution >= 0.6 is 0 Å². The van der Waals surface area contributed by atoms with Crippen molar-refractivity contribution in [3.63, 3.8) is 0 Å². The van der Waals surface area contributed by atoms with Gasteiger partial charge in [0, 0.05) is 5.92 Å². The van der Waals surface area contributed by atoms with Gasteiger partial charge in [0.2, 0.25) is 0 Å². The number of alkyl halides is 2. The van der Waals surface area contributed by atoms with Crippen LogP contribution < -0.4 is 0 Å². The molecular formula is C26H44F2. The zero-order valence-electron chi connectivity index (χ0n) is 18.4. The SMILES string of the molecule is CCCCCC1CCC(C2CCC(/C=C/C3CCC(C)C(F)C3F)CC2)CC1. The molecule has 0 amide bonds. The Morgan fingerprint density at radius 2 is 1.36 bits per heavy atom. The van der Waals surface area contributed by atoms with Crippen LogP contribution in [0.25, 0.3) is 0 Å². The van der Waals surface area contributed by atoms with Gasteiger partial charge in [-0.3, -0.25) is 0 Å². The van der Waals surface area contributed by atoms with Crippen LogP contribution in [-0.4, -0.2) is 12.3 Å². The number of halogens is 2. The lowest BCUT2D eigenvalue weighted by Gasteiger charge is -2.37. The molecule has 0 spiro atoms. The Bertz CT molecular complexity index is 457. The Labute approximate surface area is 172 Å². The first kappa shape index (κ1) is 22.3. The molecule has 0 bridgehead atoms. The van der Waals surface area contributed by atoms with E-state index in [2.05, 4.69) is 13.0 Å². The van der Waals surface area contributed by atoms with Crippen LogP contribution in [0.1, 0.15) is 104 Å². The largest absolute Gasteiger partial charge is 0.244 e. The minimum Gasteiger partial charge on any atom is -0.244 e. The molecule has 3 aliphatic carbocycles. The fraction of sp³-hybridized carbons (Fsp3) is 0.923. The second kappa shape index (κ2) is 11.1. The molecule has 0 aromatic heterocycles. The highest BCUT2D eigenvalue weighted by Gasteiger charge is 2.37. The highest BCUT2D eigenvalue weighted by molar-refractivity contribution is 5.01. The maximum atomic E-state index is 14.3. The van der Waals surface area contributed by atoms with Crippen molar-refractivity contribution in [2.24, 2.45) is 35.5 Å². The molecule has 3 fully saturated rings. The van der Waals surface area contributed by atoms with Crippen molar-refractivity contribution >= 4 is 0 Å². The molecule has 0 nitrogen and oxygen atoms in total. The standard InChI is InChI=1S/C26H44F2/c1-3-4-5-6-20-8-14-22(15-9-20)23-16-10-21(11-17-23)12-18-24-13-7-19(2)25(27)26(24)28/h12,18-26H,3-11,13-17H2,1-2H3/b18-12+. The molecule has 4 atom stereocenters. The molecule has 0 N–H and O–H groups in total. The van der Waals surface area contributed by atoms with Crippen LogP contribution in [-0.2, 0) is 0 Å². The summed E-state index contributed by atoms with van der Waals surface area (Å²) in [6.07, 6.45) is 20.1. The lowest BCUT2D eigenvalue weighted by Crippen LogP contribution is -2.36. The molecule has 0 aromatic rings. The third-order valence-electron chi connectivity index (χ3n) is 8.43. The first-order chi connectivity index (χ1) is 13.6. The third kappa shape index (κ3) is 6.05. The molecule has 4 unspecified atom stereocenters. The van der Waals surface area contributed by atoms with Crippen LogP contribution in [0.2, 0.25) is 0 Å². The summed E-state index contributed by atoms with van der Waals surface area (Å²) in [5, 5.41) is 0. The average Bonchev–Trinajstić information content (AvgIpc) is 2.73. The molecular weight excluding hydrogens is 350 g/mol. The maximum Gasteiger partial charge on any atom is 0.138 e. The van der Waals surface area contributed by atoms with E-state index in [1.807, 2.05) is 13.0 Å². The summed E-state index contributed by atoms with van der Waals surface area (Å²) in [6.45, 7) is 4.14. The molecule has 0 aromatic carbocycles. The van der Waals surface area contributed by atoms with Gasteiger partial charge in [-0.1, -0.05) is 64.5 Å². The molecule has 3 aliphatic rings. The summed E-state index contributed by atoms with van der Waals surface area (Å²) in [5.41, 5.74) is 0. The van der Waals surface area contributed by atoms with E-state index in [0.29, 0.717) is 5.92 Å². The molecule has 2 heteroatoms. The summed E-state index contributed by atoms with van der Waals surface area (Å²) in [4.78, 5) is 0. The van der Waals surface area contributed by atoms with Crippen molar-refractivity contribution in [3.05, 3.63) is 12.2 Å². The summed E-state index contributed by atoms with van der Waals surface area (Å²) >= 11 is 0. The summed E-state index contributed by atoms with van der Waals surface area (Å²) in [5.74, 6) is 3.21. The van der Waals surface area contributed by atoms with Crippen molar-refractivity contribution in [2.75, 3.05) is 0 Å². The van der Waals surface area contributed by atoms with Crippen LogP contribution in [0.15, 0.2) is 12.2 Å². The fourth-order valence-electron chi connectivity index (χ4n) is 6.27. The predicted molar refractivity (Wildman–Crippen MR) is 116 cm³/mol. The number of allylic oxidation sites excluding steroid dienone is 2. The zero-order chi connectivity index (χ0) is 19.9. The Morgan fingerprint density at radius 1 is 0.714 bits per heavy atom. The van der Waals surface area contributed by atoms with E-state index in [1.165, 1.54) is 77.0 Å². The lowest BCUT2D eigenvalue weighted by molar-refractivity contribution is 0.0466. The first-order valence-corrected chi connectivity index (χ1v) is 12.5. The molecule has 28 heavy (non-hydrogen) atoms. The van der Waals surface area contributed by atoms with E-state index >= 15 is 0 Å². The smallest absolute Gasteiger partial charge is 0.138 e. The topological polar surface area (TPSA) is 0 Å². The summed E-state index contributed by atoms with van der Waals surface area (Å²) in [6, 6.07) is 0. The van der Waals surface area contributed by atoms with Gasteiger partial charge in [0.25, 0.3) is 0 Å². The predicted octanol–water partition coefficient (Wildman–Crippen LogP) is 8.46. The van der Waals surface area contributed by atoms with Gasteiger partial charge >= 0.3 is 0 Å². The Hall–Kier alpha value is -0.400. The first-order valence-electron chi connectivity index (χ1n) is 12.5. The highest BCUT2D eigenvalue weighted by atomic mass is 19.2. The monoisotopic (exact) mass is 394 g/mol. The molecule has 3 rings (SSSR count). The Balaban J connectivity index is 1.36. The maximum absolute atomic E-state index is 14.3. The third-order valence-corrected chi connectivity index (χ3v) is 8.43. The van der Waals surface area contributed by atoms with Crippen molar-refractivity contribution in [3.8, 4) is 0 Å². The summed E-state index contributed by atoms with van der Waals surface area (Å²) < 4.78 is 28.2. The van der Waals surface area contributed by atoms with Crippen LogP contribution in [0, 0.1) is 35.5 Å². The van der Waals surface area contributed by atoms with E-state index in [4.69, 9.17) is 0 Å². The van der Waals surface area contributed by atoms with Crippen LogP contribution in [0.3, 0.4) is 0 Å². The lowest BCUT2D eigenvalue weighted by atomic mass is 9.68. The number of hydrogen-bond acceptors (Lipinski definition) is 0. The molecule has 3 saturated carbocycles. The average molecular weight is 395 g/mol. The summed E-state index contributed by atoms with van der Waals surface area (Å²) in [7, 11) is 0. The normalized spacial score (nSPS) is 42.7. The van der Waals surface area contributed by atoms with E-state index in [0.717, 1.165) is 30.6 Å². The number of unbranched alkanes of at least 4 members (excludes halogenated alkanes) is 2. The van der Waals surface area contributed by atoms with Gasteiger partial charge in [-0.15, -0.1) is 0 Å². The number of rotatable bonds is 7. The molecule has 0 aliphatic heterocycles. The highest BCUT2D eigenvalue weighted by Crippen LogP contribution is 2.43. The van der Waals surface area contributed by atoms with Gasteiger partial charge in [-0.25, -0.2) is 8.78 Å². The van der Waals surface area contributed by atoms with Crippen molar-refractivity contribution in [1.29, 1.82) is 0 Å². The van der Waals surface area contributed by atoms with E-state index in [9.17, 15) is 8.78 Å². The van der Waals surface area contributed by atoms with Gasteiger partial charge in [-0.2, -0.15) is 0 Å². The van der Waals surface area contributed by atoms with E-state index in [-0.39, 0.29) is 11.8 Å².